The normalized spacial score (nSPS) is 14.7. The van der Waals surface area contributed by atoms with E-state index in [4.69, 9.17) is 0 Å². The zero-order valence-electron chi connectivity index (χ0n) is 16.6. The van der Waals surface area contributed by atoms with Crippen LogP contribution < -0.4 is 5.32 Å². The Morgan fingerprint density at radius 2 is 1.73 bits per heavy atom. The third kappa shape index (κ3) is 3.97. The molecule has 0 unspecified atom stereocenters. The molecular formula is C23H22F3N3O. The number of amides is 1. The summed E-state index contributed by atoms with van der Waals surface area (Å²) in [5, 5.41) is 4.67. The van der Waals surface area contributed by atoms with Crippen molar-refractivity contribution < 1.29 is 18.0 Å². The molecule has 4 nitrogen and oxygen atoms in total. The highest BCUT2D eigenvalue weighted by Crippen LogP contribution is 2.33. The maximum atomic E-state index is 13.1. The molecule has 0 radical (unpaired) electrons. The first-order valence-electron chi connectivity index (χ1n) is 9.96. The standard InChI is InChI=1S/C23H22F3N3O/c1-15-6-5-7-18-20(15)19(22(30)29-12-3-2-4-13-29)14-27-21(18)28-17-10-8-16(9-11-17)23(24,25)26/h5-11,14H,2-4,12-13H2,1H3,(H,27,28). The molecule has 3 aromatic rings. The molecule has 0 saturated carbocycles. The van der Waals surface area contributed by atoms with Crippen LogP contribution in [0, 0.1) is 6.92 Å². The third-order valence-corrected chi connectivity index (χ3v) is 5.47. The predicted molar refractivity (Wildman–Crippen MR) is 111 cm³/mol. The zero-order valence-corrected chi connectivity index (χ0v) is 16.6. The molecule has 1 aliphatic heterocycles. The molecule has 30 heavy (non-hydrogen) atoms. The van der Waals surface area contributed by atoms with Gasteiger partial charge in [0.05, 0.1) is 11.1 Å². The fourth-order valence-electron chi connectivity index (χ4n) is 3.89. The van der Waals surface area contributed by atoms with Gasteiger partial charge in [-0.15, -0.1) is 0 Å². The Morgan fingerprint density at radius 1 is 1.03 bits per heavy atom. The fourth-order valence-corrected chi connectivity index (χ4v) is 3.89. The van der Waals surface area contributed by atoms with Crippen LogP contribution in [0.1, 0.15) is 40.7 Å². The quantitative estimate of drug-likeness (QED) is 0.579. The first-order chi connectivity index (χ1) is 14.3. The van der Waals surface area contributed by atoms with Crippen molar-refractivity contribution >= 4 is 28.2 Å². The van der Waals surface area contributed by atoms with Crippen molar-refractivity contribution in [3.05, 3.63) is 65.4 Å². The Hall–Kier alpha value is -3.09. The molecule has 0 atom stereocenters. The number of anilines is 2. The number of fused-ring (bicyclic) bond motifs is 1. The Balaban J connectivity index is 1.70. The molecule has 1 N–H and O–H groups in total. The molecule has 7 heteroatoms. The van der Waals surface area contributed by atoms with Gasteiger partial charge in [0, 0.05) is 35.7 Å². The maximum Gasteiger partial charge on any atom is 0.416 e. The Bertz CT molecular complexity index is 1070. The van der Waals surface area contributed by atoms with Gasteiger partial charge in [-0.1, -0.05) is 18.2 Å². The van der Waals surface area contributed by atoms with Crippen molar-refractivity contribution in [3.63, 3.8) is 0 Å². The molecular weight excluding hydrogens is 391 g/mol. The molecule has 1 saturated heterocycles. The number of piperidine rings is 1. The molecule has 4 rings (SSSR count). The number of carbonyl (C=O) groups excluding carboxylic acids is 1. The minimum Gasteiger partial charge on any atom is -0.340 e. The number of halogens is 3. The van der Waals surface area contributed by atoms with Crippen LogP contribution in [0.5, 0.6) is 0 Å². The first-order valence-corrected chi connectivity index (χ1v) is 9.96. The van der Waals surface area contributed by atoms with Crippen LogP contribution >= 0.6 is 0 Å². The van der Waals surface area contributed by atoms with Gasteiger partial charge in [-0.25, -0.2) is 4.98 Å². The number of carbonyl (C=O) groups is 1. The summed E-state index contributed by atoms with van der Waals surface area (Å²) in [7, 11) is 0. The van der Waals surface area contributed by atoms with Gasteiger partial charge in [-0.2, -0.15) is 13.2 Å². The van der Waals surface area contributed by atoms with E-state index in [1.54, 1.807) is 6.20 Å². The lowest BCUT2D eigenvalue weighted by Crippen LogP contribution is -2.35. The minimum atomic E-state index is -4.38. The van der Waals surface area contributed by atoms with E-state index in [1.165, 1.54) is 12.1 Å². The number of likely N-dealkylation sites (tertiary alicyclic amines) is 1. The number of aromatic nitrogens is 1. The van der Waals surface area contributed by atoms with Gasteiger partial charge < -0.3 is 10.2 Å². The van der Waals surface area contributed by atoms with Gasteiger partial charge in [-0.3, -0.25) is 4.79 Å². The lowest BCUT2D eigenvalue weighted by molar-refractivity contribution is -0.137. The zero-order chi connectivity index (χ0) is 21.3. The minimum absolute atomic E-state index is 0.0254. The molecule has 156 valence electrons. The molecule has 0 spiro atoms. The van der Waals surface area contributed by atoms with E-state index >= 15 is 0 Å². The van der Waals surface area contributed by atoms with Crippen LogP contribution in [-0.4, -0.2) is 28.9 Å². The second-order valence-corrected chi connectivity index (χ2v) is 7.57. The average molecular weight is 413 g/mol. The third-order valence-electron chi connectivity index (χ3n) is 5.47. The van der Waals surface area contributed by atoms with Gasteiger partial charge in [-0.05, 0) is 56.0 Å². The summed E-state index contributed by atoms with van der Waals surface area (Å²) in [6.45, 7) is 3.44. The van der Waals surface area contributed by atoms with Crippen molar-refractivity contribution in [1.82, 2.24) is 9.88 Å². The summed E-state index contributed by atoms with van der Waals surface area (Å²) in [6, 6.07) is 10.5. The Kier molecular flexibility index (Phi) is 5.37. The first kappa shape index (κ1) is 20.2. The van der Waals surface area contributed by atoms with Gasteiger partial charge in [0.15, 0.2) is 0 Å². The van der Waals surface area contributed by atoms with E-state index in [0.29, 0.717) is 17.1 Å². The number of nitrogens with one attached hydrogen (secondary N) is 1. The summed E-state index contributed by atoms with van der Waals surface area (Å²) in [4.78, 5) is 19.4. The number of hydrogen-bond acceptors (Lipinski definition) is 3. The monoisotopic (exact) mass is 413 g/mol. The Labute approximate surface area is 172 Å². The van der Waals surface area contributed by atoms with Gasteiger partial charge in [0.25, 0.3) is 5.91 Å². The largest absolute Gasteiger partial charge is 0.416 e. The van der Waals surface area contributed by atoms with Crippen molar-refractivity contribution in [2.24, 2.45) is 0 Å². The molecule has 1 amide bonds. The van der Waals surface area contributed by atoms with Crippen LogP contribution in [0.25, 0.3) is 10.8 Å². The second-order valence-electron chi connectivity index (χ2n) is 7.57. The van der Waals surface area contributed by atoms with Crippen LogP contribution in [0.15, 0.2) is 48.7 Å². The van der Waals surface area contributed by atoms with Crippen LogP contribution in [0.3, 0.4) is 0 Å². The SMILES string of the molecule is Cc1cccc2c(Nc3ccc(C(F)(F)F)cc3)ncc(C(=O)N3CCCCC3)c12. The van der Waals surface area contributed by atoms with Crippen molar-refractivity contribution in [2.75, 3.05) is 18.4 Å². The van der Waals surface area contributed by atoms with Gasteiger partial charge in [0.1, 0.15) is 5.82 Å². The van der Waals surface area contributed by atoms with E-state index < -0.39 is 11.7 Å². The number of benzene rings is 2. The molecule has 1 fully saturated rings. The topological polar surface area (TPSA) is 45.2 Å². The summed E-state index contributed by atoms with van der Waals surface area (Å²) in [5.74, 6) is 0.478. The van der Waals surface area contributed by atoms with E-state index in [9.17, 15) is 18.0 Å². The number of hydrogen-bond donors (Lipinski definition) is 1. The summed E-state index contributed by atoms with van der Waals surface area (Å²) < 4.78 is 38.4. The smallest absolute Gasteiger partial charge is 0.340 e. The Morgan fingerprint density at radius 3 is 2.40 bits per heavy atom. The maximum absolute atomic E-state index is 13.1. The molecule has 1 aromatic heterocycles. The van der Waals surface area contributed by atoms with E-state index in [2.05, 4.69) is 10.3 Å². The number of alkyl halides is 3. The lowest BCUT2D eigenvalue weighted by Gasteiger charge is -2.27. The van der Waals surface area contributed by atoms with E-state index in [-0.39, 0.29) is 5.91 Å². The number of rotatable bonds is 3. The summed E-state index contributed by atoms with van der Waals surface area (Å²) in [5.41, 5.74) is 1.30. The summed E-state index contributed by atoms with van der Waals surface area (Å²) >= 11 is 0. The summed E-state index contributed by atoms with van der Waals surface area (Å²) in [6.07, 6.45) is 0.334. The number of pyridine rings is 1. The van der Waals surface area contributed by atoms with Crippen LogP contribution in [-0.2, 0) is 6.18 Å². The van der Waals surface area contributed by atoms with E-state index in [1.807, 2.05) is 30.0 Å². The number of aryl methyl sites for hydroxylation is 1. The lowest BCUT2D eigenvalue weighted by atomic mass is 10.00. The van der Waals surface area contributed by atoms with Crippen molar-refractivity contribution in [1.29, 1.82) is 0 Å². The molecule has 2 aromatic carbocycles. The average Bonchev–Trinajstić information content (AvgIpc) is 2.74. The van der Waals surface area contributed by atoms with E-state index in [0.717, 1.165) is 60.8 Å². The van der Waals surface area contributed by atoms with Gasteiger partial charge >= 0.3 is 6.18 Å². The highest BCUT2D eigenvalue weighted by atomic mass is 19.4. The highest BCUT2D eigenvalue weighted by molar-refractivity contribution is 6.10. The molecule has 0 bridgehead atoms. The van der Waals surface area contributed by atoms with Crippen molar-refractivity contribution in [3.8, 4) is 0 Å². The molecule has 1 aliphatic rings. The van der Waals surface area contributed by atoms with Crippen molar-refractivity contribution in [2.45, 2.75) is 32.4 Å². The van der Waals surface area contributed by atoms with Gasteiger partial charge in [0.2, 0.25) is 0 Å². The molecule has 2 heterocycles. The number of nitrogens with zero attached hydrogens (tertiary/aromatic N) is 2. The van der Waals surface area contributed by atoms with Crippen LogP contribution in [0.4, 0.5) is 24.7 Å². The predicted octanol–water partition coefficient (Wildman–Crippen LogP) is 5.93. The fraction of sp³-hybridized carbons (Fsp3) is 0.304. The van der Waals surface area contributed by atoms with Crippen LogP contribution in [0.2, 0.25) is 0 Å². The molecule has 0 aliphatic carbocycles. The highest BCUT2D eigenvalue weighted by Gasteiger charge is 2.30. The second kappa shape index (κ2) is 7.97.